The monoisotopic (exact) mass is 298 g/mol. The van der Waals surface area contributed by atoms with Gasteiger partial charge in [-0.1, -0.05) is 13.0 Å². The van der Waals surface area contributed by atoms with E-state index in [1.807, 2.05) is 0 Å². The second-order valence-corrected chi connectivity index (χ2v) is 7.54. The molecule has 5 nitrogen and oxygen atoms in total. The first kappa shape index (κ1) is 15.4. The standard InChI is InChI=1S/C14H22N2O3S/c1-11-3-6-13(7-4-11)16(2)20(18,19)14-8-5-12(10-17)9-15-14/h5,8-9,11,13,17H,3-4,6-7,10H2,1-2H3. The summed E-state index contributed by atoms with van der Waals surface area (Å²) in [7, 11) is -1.90. The van der Waals surface area contributed by atoms with Gasteiger partial charge in [0.1, 0.15) is 0 Å². The van der Waals surface area contributed by atoms with Crippen molar-refractivity contribution in [1.29, 1.82) is 0 Å². The Bertz CT molecular complexity index is 534. The molecule has 0 amide bonds. The molecule has 0 spiro atoms. The SMILES string of the molecule is CC1CCC(N(C)S(=O)(=O)c2ccc(CO)cn2)CC1. The summed E-state index contributed by atoms with van der Waals surface area (Å²) in [5.41, 5.74) is 0.609. The molecular formula is C14H22N2O3S. The molecule has 112 valence electrons. The molecule has 0 aliphatic heterocycles. The number of rotatable bonds is 4. The summed E-state index contributed by atoms with van der Waals surface area (Å²) < 4.78 is 26.5. The van der Waals surface area contributed by atoms with E-state index < -0.39 is 10.0 Å². The third-order valence-corrected chi connectivity index (χ3v) is 5.95. The van der Waals surface area contributed by atoms with E-state index in [1.54, 1.807) is 13.1 Å². The molecule has 6 heteroatoms. The van der Waals surface area contributed by atoms with Crippen molar-refractivity contribution in [1.82, 2.24) is 9.29 Å². The van der Waals surface area contributed by atoms with Gasteiger partial charge in [-0.2, -0.15) is 4.31 Å². The lowest BCUT2D eigenvalue weighted by Gasteiger charge is -2.32. The first-order valence-electron chi connectivity index (χ1n) is 6.99. The molecule has 1 N–H and O–H groups in total. The molecule has 1 aromatic heterocycles. The Labute approximate surface area is 120 Å². The smallest absolute Gasteiger partial charge is 0.260 e. The molecule has 0 atom stereocenters. The summed E-state index contributed by atoms with van der Waals surface area (Å²) in [5, 5.41) is 9.02. The topological polar surface area (TPSA) is 70.5 Å². The van der Waals surface area contributed by atoms with Crippen molar-refractivity contribution in [3.63, 3.8) is 0 Å². The summed E-state index contributed by atoms with van der Waals surface area (Å²) in [6, 6.07) is 3.12. The molecule has 20 heavy (non-hydrogen) atoms. The molecule has 0 bridgehead atoms. The van der Waals surface area contributed by atoms with Crippen molar-refractivity contribution >= 4 is 10.0 Å². The minimum Gasteiger partial charge on any atom is -0.392 e. The van der Waals surface area contributed by atoms with Crippen LogP contribution in [0.5, 0.6) is 0 Å². The van der Waals surface area contributed by atoms with Crippen molar-refractivity contribution < 1.29 is 13.5 Å². The number of nitrogens with zero attached hydrogens (tertiary/aromatic N) is 2. The van der Waals surface area contributed by atoms with Gasteiger partial charge in [-0.05, 0) is 43.2 Å². The van der Waals surface area contributed by atoms with E-state index in [0.29, 0.717) is 11.5 Å². The van der Waals surface area contributed by atoms with Crippen molar-refractivity contribution in [3.05, 3.63) is 23.9 Å². The Kier molecular flexibility index (Phi) is 4.78. The zero-order valence-corrected chi connectivity index (χ0v) is 12.8. The molecule has 1 fully saturated rings. The highest BCUT2D eigenvalue weighted by atomic mass is 32.2. The number of hydrogen-bond donors (Lipinski definition) is 1. The van der Waals surface area contributed by atoms with Crippen molar-refractivity contribution in [2.45, 2.75) is 50.3 Å². The maximum absolute atomic E-state index is 12.5. The lowest BCUT2D eigenvalue weighted by molar-refractivity contribution is 0.245. The predicted molar refractivity (Wildman–Crippen MR) is 76.5 cm³/mol. The highest BCUT2D eigenvalue weighted by Crippen LogP contribution is 2.29. The lowest BCUT2D eigenvalue weighted by Crippen LogP contribution is -2.39. The number of aromatic nitrogens is 1. The van der Waals surface area contributed by atoms with Gasteiger partial charge in [0.15, 0.2) is 5.03 Å². The van der Waals surface area contributed by atoms with E-state index in [1.165, 1.54) is 16.6 Å². The van der Waals surface area contributed by atoms with Gasteiger partial charge in [-0.15, -0.1) is 0 Å². The van der Waals surface area contributed by atoms with Crippen LogP contribution in [0.1, 0.15) is 38.2 Å². The van der Waals surface area contributed by atoms with Crippen molar-refractivity contribution in [3.8, 4) is 0 Å². The molecule has 0 aromatic carbocycles. The summed E-state index contributed by atoms with van der Waals surface area (Å²) >= 11 is 0. The van der Waals surface area contributed by atoms with Gasteiger partial charge in [0.2, 0.25) is 0 Å². The largest absolute Gasteiger partial charge is 0.392 e. The fraction of sp³-hybridized carbons (Fsp3) is 0.643. The minimum absolute atomic E-state index is 0.0517. The number of sulfonamides is 1. The maximum atomic E-state index is 12.5. The van der Waals surface area contributed by atoms with Gasteiger partial charge in [0.25, 0.3) is 10.0 Å². The summed E-state index contributed by atoms with van der Waals surface area (Å²) in [4.78, 5) is 3.96. The van der Waals surface area contributed by atoms with Crippen LogP contribution in [0.3, 0.4) is 0 Å². The number of hydrogen-bond acceptors (Lipinski definition) is 4. The molecule has 0 radical (unpaired) electrons. The fourth-order valence-electron chi connectivity index (χ4n) is 2.61. The molecule has 1 saturated carbocycles. The van der Waals surface area contributed by atoms with Gasteiger partial charge >= 0.3 is 0 Å². The van der Waals surface area contributed by atoms with E-state index in [2.05, 4.69) is 11.9 Å². The van der Waals surface area contributed by atoms with Crippen LogP contribution in [-0.2, 0) is 16.6 Å². The highest BCUT2D eigenvalue weighted by Gasteiger charge is 2.31. The number of pyridine rings is 1. The molecule has 1 heterocycles. The Morgan fingerprint density at radius 2 is 1.95 bits per heavy atom. The average molecular weight is 298 g/mol. The normalized spacial score (nSPS) is 24.0. The number of aliphatic hydroxyl groups is 1. The molecule has 1 aromatic rings. The predicted octanol–water partition coefficient (Wildman–Crippen LogP) is 1.77. The number of aliphatic hydroxyl groups excluding tert-OH is 1. The fourth-order valence-corrected chi connectivity index (χ4v) is 3.93. The Balaban J connectivity index is 2.16. The molecule has 2 rings (SSSR count). The first-order valence-corrected chi connectivity index (χ1v) is 8.43. The molecule has 0 unspecified atom stereocenters. The van der Waals surface area contributed by atoms with Crippen molar-refractivity contribution in [2.75, 3.05) is 7.05 Å². The quantitative estimate of drug-likeness (QED) is 0.919. The summed E-state index contributed by atoms with van der Waals surface area (Å²) in [5.74, 6) is 0.685. The van der Waals surface area contributed by atoms with E-state index >= 15 is 0 Å². The lowest BCUT2D eigenvalue weighted by atomic mass is 9.87. The summed E-state index contributed by atoms with van der Waals surface area (Å²) in [6.07, 6.45) is 5.36. The first-order chi connectivity index (χ1) is 9.45. The molecule has 0 saturated heterocycles. The van der Waals surface area contributed by atoms with Crippen LogP contribution in [0, 0.1) is 5.92 Å². The van der Waals surface area contributed by atoms with E-state index in [-0.39, 0.29) is 17.7 Å². The zero-order valence-electron chi connectivity index (χ0n) is 12.0. The second-order valence-electron chi connectivity index (χ2n) is 5.60. The van der Waals surface area contributed by atoms with Crippen molar-refractivity contribution in [2.24, 2.45) is 5.92 Å². The average Bonchev–Trinajstić information content (AvgIpc) is 2.47. The van der Waals surface area contributed by atoms with Crippen LogP contribution in [0.2, 0.25) is 0 Å². The van der Waals surface area contributed by atoms with Crippen LogP contribution in [0.4, 0.5) is 0 Å². The zero-order chi connectivity index (χ0) is 14.8. The second kappa shape index (κ2) is 6.20. The Morgan fingerprint density at radius 1 is 1.30 bits per heavy atom. The summed E-state index contributed by atoms with van der Waals surface area (Å²) in [6.45, 7) is 2.07. The molecule has 1 aliphatic rings. The highest BCUT2D eigenvalue weighted by molar-refractivity contribution is 7.89. The van der Waals surface area contributed by atoms with Crippen LogP contribution in [0.25, 0.3) is 0 Å². The third-order valence-electron chi connectivity index (χ3n) is 4.12. The molecule has 1 aliphatic carbocycles. The third kappa shape index (κ3) is 3.19. The van der Waals surface area contributed by atoms with Gasteiger partial charge < -0.3 is 5.11 Å². The Hall–Kier alpha value is -0.980. The van der Waals surface area contributed by atoms with Gasteiger partial charge in [-0.3, -0.25) is 0 Å². The minimum atomic E-state index is -3.54. The molecular weight excluding hydrogens is 276 g/mol. The van der Waals surface area contributed by atoms with Crippen LogP contribution in [-0.4, -0.2) is 35.9 Å². The Morgan fingerprint density at radius 3 is 2.45 bits per heavy atom. The van der Waals surface area contributed by atoms with Gasteiger partial charge in [0, 0.05) is 19.3 Å². The van der Waals surface area contributed by atoms with E-state index in [9.17, 15) is 8.42 Å². The maximum Gasteiger partial charge on any atom is 0.260 e. The van der Waals surface area contributed by atoms with Crippen LogP contribution < -0.4 is 0 Å². The van der Waals surface area contributed by atoms with Crippen LogP contribution >= 0.6 is 0 Å². The van der Waals surface area contributed by atoms with Gasteiger partial charge in [0.05, 0.1) is 6.61 Å². The van der Waals surface area contributed by atoms with E-state index in [0.717, 1.165) is 25.7 Å². The van der Waals surface area contributed by atoms with E-state index in [4.69, 9.17) is 5.11 Å². The van der Waals surface area contributed by atoms with Gasteiger partial charge in [-0.25, -0.2) is 13.4 Å². The van der Waals surface area contributed by atoms with Crippen LogP contribution in [0.15, 0.2) is 23.4 Å².